The van der Waals surface area contributed by atoms with Gasteiger partial charge in [0.1, 0.15) is 0 Å². The maximum atomic E-state index is 12.0. The van der Waals surface area contributed by atoms with Crippen LogP contribution in [-0.4, -0.2) is 47.0 Å². The Bertz CT molecular complexity index is 888. The summed E-state index contributed by atoms with van der Waals surface area (Å²) in [6.45, 7) is 3.69. The van der Waals surface area contributed by atoms with E-state index < -0.39 is 0 Å². The molecule has 2 heterocycles. The number of carbonyl (C=O) groups is 1. The lowest BCUT2D eigenvalue weighted by atomic mass is 10.00. The average molecular weight is 364 g/mol. The van der Waals surface area contributed by atoms with Crippen LogP contribution in [0.1, 0.15) is 17.5 Å². The minimum Gasteiger partial charge on any atom is -0.455 e. The molecule has 6 heteroatoms. The molecular weight excluding hydrogens is 340 g/mol. The highest BCUT2D eigenvalue weighted by atomic mass is 16.5. The van der Waals surface area contributed by atoms with Crippen molar-refractivity contribution in [1.82, 2.24) is 20.2 Å². The molecular formula is C21H24N4O2. The number of nitrogens with zero attached hydrogens (tertiary/aromatic N) is 2. The van der Waals surface area contributed by atoms with E-state index in [9.17, 15) is 4.79 Å². The summed E-state index contributed by atoms with van der Waals surface area (Å²) in [5.74, 6) is -0.126. The highest BCUT2D eigenvalue weighted by molar-refractivity contribution is 5.78. The molecule has 0 aliphatic carbocycles. The first-order valence-electron chi connectivity index (χ1n) is 9.41. The SMILES string of the molecule is O=C(COc1nc2ccccc2[nH]1)NCCCN1CCc2ccccc2C1. The van der Waals surface area contributed by atoms with Crippen LogP contribution in [0.15, 0.2) is 48.5 Å². The molecule has 6 nitrogen and oxygen atoms in total. The van der Waals surface area contributed by atoms with E-state index in [2.05, 4.69) is 44.5 Å². The minimum atomic E-state index is -0.126. The standard InChI is InChI=1S/C21H24N4O2/c26-20(15-27-21-23-18-8-3-4-9-19(18)24-21)22-11-5-12-25-13-10-16-6-1-2-7-17(16)14-25/h1-4,6-9H,5,10-15H2,(H,22,26)(H,23,24). The molecule has 1 aromatic heterocycles. The lowest BCUT2D eigenvalue weighted by Crippen LogP contribution is -2.35. The van der Waals surface area contributed by atoms with Crippen molar-refractivity contribution in [1.29, 1.82) is 0 Å². The predicted molar refractivity (Wildman–Crippen MR) is 105 cm³/mol. The van der Waals surface area contributed by atoms with Gasteiger partial charge in [-0.15, -0.1) is 0 Å². The highest BCUT2D eigenvalue weighted by Gasteiger charge is 2.15. The van der Waals surface area contributed by atoms with Crippen molar-refractivity contribution in [3.63, 3.8) is 0 Å². The zero-order valence-electron chi connectivity index (χ0n) is 15.3. The third kappa shape index (κ3) is 4.46. The smallest absolute Gasteiger partial charge is 0.295 e. The Hall–Kier alpha value is -2.86. The number of para-hydroxylation sites is 2. The van der Waals surface area contributed by atoms with Gasteiger partial charge in [-0.25, -0.2) is 0 Å². The first kappa shape index (κ1) is 17.5. The Labute approximate surface area is 158 Å². The molecule has 0 saturated heterocycles. The third-order valence-corrected chi connectivity index (χ3v) is 4.89. The number of H-pyrrole nitrogens is 1. The fourth-order valence-corrected chi connectivity index (χ4v) is 3.46. The summed E-state index contributed by atoms with van der Waals surface area (Å²) in [5, 5.41) is 2.91. The minimum absolute atomic E-state index is 0.0308. The summed E-state index contributed by atoms with van der Waals surface area (Å²) in [7, 11) is 0. The van der Waals surface area contributed by atoms with Crippen molar-refractivity contribution in [2.75, 3.05) is 26.2 Å². The van der Waals surface area contributed by atoms with Gasteiger partial charge >= 0.3 is 0 Å². The Morgan fingerprint density at radius 2 is 1.96 bits per heavy atom. The maximum Gasteiger partial charge on any atom is 0.295 e. The first-order valence-corrected chi connectivity index (χ1v) is 9.41. The second-order valence-corrected chi connectivity index (χ2v) is 6.85. The molecule has 1 amide bonds. The van der Waals surface area contributed by atoms with E-state index in [0.717, 1.165) is 43.5 Å². The third-order valence-electron chi connectivity index (χ3n) is 4.89. The van der Waals surface area contributed by atoms with Crippen LogP contribution in [0.4, 0.5) is 0 Å². The van der Waals surface area contributed by atoms with Gasteiger partial charge in [0, 0.05) is 26.2 Å². The number of carbonyl (C=O) groups excluding carboxylic acids is 1. The van der Waals surface area contributed by atoms with E-state index in [1.54, 1.807) is 0 Å². The van der Waals surface area contributed by atoms with Gasteiger partial charge in [-0.2, -0.15) is 4.98 Å². The summed E-state index contributed by atoms with van der Waals surface area (Å²) in [5.41, 5.74) is 4.61. The zero-order valence-corrected chi connectivity index (χ0v) is 15.3. The van der Waals surface area contributed by atoms with Gasteiger partial charge in [-0.1, -0.05) is 36.4 Å². The number of ether oxygens (including phenoxy) is 1. The molecule has 1 aliphatic heterocycles. The summed E-state index contributed by atoms with van der Waals surface area (Å²) in [4.78, 5) is 21.7. The van der Waals surface area contributed by atoms with Crippen LogP contribution < -0.4 is 10.1 Å². The molecule has 0 radical (unpaired) electrons. The van der Waals surface area contributed by atoms with Crippen LogP contribution in [0.2, 0.25) is 0 Å². The van der Waals surface area contributed by atoms with Crippen molar-refractivity contribution >= 4 is 16.9 Å². The van der Waals surface area contributed by atoms with Gasteiger partial charge in [-0.05, 0) is 36.1 Å². The van der Waals surface area contributed by atoms with Crippen molar-refractivity contribution in [3.05, 3.63) is 59.7 Å². The molecule has 0 fully saturated rings. The lowest BCUT2D eigenvalue weighted by molar-refractivity contribution is -0.123. The average Bonchev–Trinajstić information content (AvgIpc) is 3.12. The molecule has 4 rings (SSSR count). The molecule has 0 atom stereocenters. The molecule has 0 spiro atoms. The van der Waals surface area contributed by atoms with E-state index in [1.165, 1.54) is 11.1 Å². The summed E-state index contributed by atoms with van der Waals surface area (Å²) >= 11 is 0. The van der Waals surface area contributed by atoms with E-state index >= 15 is 0 Å². The number of imidazole rings is 1. The van der Waals surface area contributed by atoms with Gasteiger partial charge < -0.3 is 15.0 Å². The Morgan fingerprint density at radius 1 is 1.15 bits per heavy atom. The molecule has 2 aromatic carbocycles. The molecule has 3 aromatic rings. The number of fused-ring (bicyclic) bond motifs is 2. The molecule has 27 heavy (non-hydrogen) atoms. The molecule has 0 bridgehead atoms. The number of aromatic nitrogens is 2. The van der Waals surface area contributed by atoms with Crippen LogP contribution >= 0.6 is 0 Å². The van der Waals surface area contributed by atoms with E-state index in [-0.39, 0.29) is 12.5 Å². The van der Waals surface area contributed by atoms with E-state index in [4.69, 9.17) is 4.74 Å². The van der Waals surface area contributed by atoms with Crippen LogP contribution in [0.3, 0.4) is 0 Å². The van der Waals surface area contributed by atoms with Gasteiger partial charge in [-0.3, -0.25) is 9.69 Å². The van der Waals surface area contributed by atoms with Gasteiger partial charge in [0.05, 0.1) is 11.0 Å². The second kappa shape index (κ2) is 8.22. The van der Waals surface area contributed by atoms with Crippen molar-refractivity contribution in [3.8, 4) is 6.01 Å². The normalized spacial score (nSPS) is 14.1. The van der Waals surface area contributed by atoms with Crippen LogP contribution in [0.5, 0.6) is 6.01 Å². The number of rotatable bonds is 7. The summed E-state index contributed by atoms with van der Waals surface area (Å²) in [6, 6.07) is 16.7. The van der Waals surface area contributed by atoms with Gasteiger partial charge in [0.15, 0.2) is 6.61 Å². The van der Waals surface area contributed by atoms with Crippen molar-refractivity contribution in [2.24, 2.45) is 0 Å². The molecule has 1 aliphatic rings. The number of benzene rings is 2. The first-order chi connectivity index (χ1) is 13.3. The lowest BCUT2D eigenvalue weighted by Gasteiger charge is -2.28. The number of aromatic amines is 1. The number of nitrogens with one attached hydrogen (secondary N) is 2. The van der Waals surface area contributed by atoms with E-state index in [1.807, 2.05) is 24.3 Å². The number of hydrogen-bond acceptors (Lipinski definition) is 4. The quantitative estimate of drug-likeness (QED) is 0.632. The highest BCUT2D eigenvalue weighted by Crippen LogP contribution is 2.18. The maximum absolute atomic E-state index is 12.0. The Balaban J connectivity index is 1.15. The topological polar surface area (TPSA) is 70.2 Å². The molecule has 140 valence electrons. The van der Waals surface area contributed by atoms with Crippen LogP contribution in [0, 0.1) is 0 Å². The second-order valence-electron chi connectivity index (χ2n) is 6.85. The van der Waals surface area contributed by atoms with E-state index in [0.29, 0.717) is 12.6 Å². The molecule has 0 unspecified atom stereocenters. The molecule has 0 saturated carbocycles. The summed E-state index contributed by atoms with van der Waals surface area (Å²) < 4.78 is 5.45. The fraction of sp³-hybridized carbons (Fsp3) is 0.333. The van der Waals surface area contributed by atoms with Gasteiger partial charge in [0.25, 0.3) is 11.9 Å². The Morgan fingerprint density at radius 3 is 2.85 bits per heavy atom. The molecule has 2 N–H and O–H groups in total. The number of amides is 1. The van der Waals surface area contributed by atoms with Gasteiger partial charge in [0.2, 0.25) is 0 Å². The van der Waals surface area contributed by atoms with Crippen molar-refractivity contribution in [2.45, 2.75) is 19.4 Å². The zero-order chi connectivity index (χ0) is 18.5. The van der Waals surface area contributed by atoms with Crippen LogP contribution in [0.25, 0.3) is 11.0 Å². The number of hydrogen-bond donors (Lipinski definition) is 2. The Kier molecular flexibility index (Phi) is 5.34. The van der Waals surface area contributed by atoms with Crippen molar-refractivity contribution < 1.29 is 9.53 Å². The fourth-order valence-electron chi connectivity index (χ4n) is 3.46. The monoisotopic (exact) mass is 364 g/mol. The van der Waals surface area contributed by atoms with Crippen LogP contribution in [-0.2, 0) is 17.8 Å². The largest absolute Gasteiger partial charge is 0.455 e. The predicted octanol–water partition coefficient (Wildman–Crippen LogP) is 2.51. The summed E-state index contributed by atoms with van der Waals surface area (Å²) in [6.07, 6.45) is 2.03.